The Bertz CT molecular complexity index is 185. The fraction of sp³-hybridized carbons (Fsp3) is 1.00. The maximum absolute atomic E-state index is 10.1. The van der Waals surface area contributed by atoms with Crippen molar-refractivity contribution in [2.45, 2.75) is 13.0 Å². The maximum atomic E-state index is 10.1. The molecule has 0 heterocycles. The highest BCUT2D eigenvalue weighted by Gasteiger charge is 2.13. The molecule has 0 aliphatic rings. The molecule has 1 unspecified atom stereocenters. The molecule has 0 fully saturated rings. The molecule has 0 saturated carbocycles. The lowest BCUT2D eigenvalue weighted by molar-refractivity contribution is 0.0535. The number of hydrogen-bond donors (Lipinski definition) is 2. The number of rotatable bonds is 5. The largest absolute Gasteiger partial charge is 0.390 e. The van der Waals surface area contributed by atoms with Gasteiger partial charge in [0, 0.05) is 6.61 Å². The highest BCUT2D eigenvalue weighted by molar-refractivity contribution is 7.85. The van der Waals surface area contributed by atoms with Crippen LogP contribution in [0, 0.1) is 0 Å². The van der Waals surface area contributed by atoms with E-state index in [0.29, 0.717) is 6.61 Å². The van der Waals surface area contributed by atoms with E-state index in [4.69, 9.17) is 14.4 Å². The number of aliphatic hydroxyl groups is 1. The van der Waals surface area contributed by atoms with Gasteiger partial charge in [0.25, 0.3) is 10.1 Å². The van der Waals surface area contributed by atoms with E-state index in [1.54, 1.807) is 6.92 Å². The van der Waals surface area contributed by atoms with E-state index in [-0.39, 0.29) is 6.61 Å². The lowest BCUT2D eigenvalue weighted by Gasteiger charge is -2.07. The van der Waals surface area contributed by atoms with E-state index in [1.165, 1.54) is 0 Å². The summed E-state index contributed by atoms with van der Waals surface area (Å²) in [5.74, 6) is -0.674. The van der Waals surface area contributed by atoms with Crippen molar-refractivity contribution in [2.24, 2.45) is 0 Å². The van der Waals surface area contributed by atoms with E-state index in [0.717, 1.165) is 0 Å². The molecule has 0 saturated heterocycles. The molecule has 0 aliphatic heterocycles. The molecule has 0 radical (unpaired) electrons. The van der Waals surface area contributed by atoms with E-state index < -0.39 is 22.0 Å². The molecule has 0 aromatic carbocycles. The van der Waals surface area contributed by atoms with Crippen molar-refractivity contribution in [3.05, 3.63) is 0 Å². The van der Waals surface area contributed by atoms with Gasteiger partial charge in [-0.25, -0.2) is 0 Å². The summed E-state index contributed by atoms with van der Waals surface area (Å²) < 4.78 is 33.2. The normalized spacial score (nSPS) is 14.8. The molecule has 11 heavy (non-hydrogen) atoms. The molecule has 0 aromatic heterocycles. The Balaban J connectivity index is 3.61. The van der Waals surface area contributed by atoms with Crippen LogP contribution in [0.1, 0.15) is 6.92 Å². The second-order valence-corrected chi connectivity index (χ2v) is 3.56. The Hall–Kier alpha value is -0.170. The molecule has 1 atom stereocenters. The first-order valence-electron chi connectivity index (χ1n) is 3.16. The van der Waals surface area contributed by atoms with Crippen LogP contribution >= 0.6 is 0 Å². The van der Waals surface area contributed by atoms with Crippen LogP contribution < -0.4 is 0 Å². The van der Waals surface area contributed by atoms with Crippen molar-refractivity contribution in [3.63, 3.8) is 0 Å². The predicted octanol–water partition coefficient (Wildman–Crippen LogP) is -0.728. The van der Waals surface area contributed by atoms with E-state index in [2.05, 4.69) is 0 Å². The summed E-state index contributed by atoms with van der Waals surface area (Å²) in [6.45, 7) is 2.05. The van der Waals surface area contributed by atoms with Crippen LogP contribution in [0.4, 0.5) is 0 Å². The Morgan fingerprint density at radius 2 is 2.09 bits per heavy atom. The van der Waals surface area contributed by atoms with Crippen molar-refractivity contribution in [1.29, 1.82) is 0 Å². The molecule has 0 aromatic rings. The first kappa shape index (κ1) is 10.8. The summed E-state index contributed by atoms with van der Waals surface area (Å²) in [6.07, 6.45) is -1.15. The second kappa shape index (κ2) is 4.66. The molecule has 68 valence electrons. The van der Waals surface area contributed by atoms with Crippen LogP contribution in [0.3, 0.4) is 0 Å². The monoisotopic (exact) mass is 184 g/mol. The van der Waals surface area contributed by atoms with Crippen LogP contribution in [0.15, 0.2) is 0 Å². The zero-order chi connectivity index (χ0) is 8.91. The van der Waals surface area contributed by atoms with Crippen molar-refractivity contribution in [1.82, 2.24) is 0 Å². The molecular weight excluding hydrogens is 172 g/mol. The summed E-state index contributed by atoms with van der Waals surface area (Å²) in [5, 5.41) is 8.85. The Morgan fingerprint density at radius 1 is 1.55 bits per heavy atom. The quantitative estimate of drug-likeness (QED) is 0.550. The van der Waals surface area contributed by atoms with Gasteiger partial charge in [-0.2, -0.15) is 8.42 Å². The minimum Gasteiger partial charge on any atom is -0.390 e. The van der Waals surface area contributed by atoms with Crippen molar-refractivity contribution >= 4 is 10.1 Å². The summed E-state index contributed by atoms with van der Waals surface area (Å²) in [4.78, 5) is 0. The van der Waals surface area contributed by atoms with Crippen LogP contribution in [-0.2, 0) is 14.9 Å². The van der Waals surface area contributed by atoms with Gasteiger partial charge in [-0.15, -0.1) is 0 Å². The lowest BCUT2D eigenvalue weighted by atomic mass is 10.4. The van der Waals surface area contributed by atoms with Gasteiger partial charge >= 0.3 is 0 Å². The van der Waals surface area contributed by atoms with Gasteiger partial charge in [-0.05, 0) is 6.92 Å². The van der Waals surface area contributed by atoms with Crippen molar-refractivity contribution in [2.75, 3.05) is 19.0 Å². The molecule has 6 heteroatoms. The van der Waals surface area contributed by atoms with Gasteiger partial charge < -0.3 is 9.84 Å². The third-order valence-corrected chi connectivity index (χ3v) is 1.72. The van der Waals surface area contributed by atoms with Crippen LogP contribution in [0.25, 0.3) is 0 Å². The molecular formula is C5H12O5S. The molecule has 5 nitrogen and oxygen atoms in total. The topological polar surface area (TPSA) is 83.8 Å². The zero-order valence-electron chi connectivity index (χ0n) is 6.23. The molecule has 2 N–H and O–H groups in total. The third-order valence-electron chi connectivity index (χ3n) is 0.917. The van der Waals surface area contributed by atoms with Crippen LogP contribution in [0.2, 0.25) is 0 Å². The Morgan fingerprint density at radius 3 is 2.45 bits per heavy atom. The van der Waals surface area contributed by atoms with Gasteiger partial charge in [0.15, 0.2) is 0 Å². The summed E-state index contributed by atoms with van der Waals surface area (Å²) in [6, 6.07) is 0. The minimum atomic E-state index is -4.08. The third kappa shape index (κ3) is 7.73. The van der Waals surface area contributed by atoms with Gasteiger partial charge in [0.05, 0.1) is 12.7 Å². The zero-order valence-corrected chi connectivity index (χ0v) is 7.04. The predicted molar refractivity (Wildman–Crippen MR) is 38.9 cm³/mol. The van der Waals surface area contributed by atoms with Gasteiger partial charge in [0.2, 0.25) is 0 Å². The smallest absolute Gasteiger partial charge is 0.267 e. The fourth-order valence-corrected chi connectivity index (χ4v) is 1.13. The Labute approximate surface area is 65.7 Å². The minimum absolute atomic E-state index is 0.0731. The SMILES string of the molecule is CCOCC(O)CS(=O)(=O)O. The molecule has 0 bridgehead atoms. The maximum Gasteiger partial charge on any atom is 0.267 e. The van der Waals surface area contributed by atoms with E-state index >= 15 is 0 Å². The highest BCUT2D eigenvalue weighted by Crippen LogP contribution is 1.91. The van der Waals surface area contributed by atoms with Crippen LogP contribution in [-0.4, -0.2) is 43.1 Å². The molecule has 0 aliphatic carbocycles. The second-order valence-electron chi connectivity index (χ2n) is 2.06. The highest BCUT2D eigenvalue weighted by atomic mass is 32.2. The van der Waals surface area contributed by atoms with E-state index in [9.17, 15) is 8.42 Å². The molecule has 0 spiro atoms. The van der Waals surface area contributed by atoms with Gasteiger partial charge in [-0.3, -0.25) is 4.55 Å². The van der Waals surface area contributed by atoms with Gasteiger partial charge in [0.1, 0.15) is 5.75 Å². The van der Waals surface area contributed by atoms with Gasteiger partial charge in [-0.1, -0.05) is 0 Å². The number of hydrogen-bond acceptors (Lipinski definition) is 4. The fourth-order valence-electron chi connectivity index (χ4n) is 0.545. The molecule has 0 amide bonds. The summed E-state index contributed by atoms with van der Waals surface area (Å²) >= 11 is 0. The average Bonchev–Trinajstić information content (AvgIpc) is 1.79. The average molecular weight is 184 g/mol. The van der Waals surface area contributed by atoms with Crippen LogP contribution in [0.5, 0.6) is 0 Å². The molecule has 0 rings (SSSR count). The Kier molecular flexibility index (Phi) is 4.58. The van der Waals surface area contributed by atoms with Crippen molar-refractivity contribution < 1.29 is 22.8 Å². The summed E-state index contributed by atoms with van der Waals surface area (Å²) in [7, 11) is -4.08. The summed E-state index contributed by atoms with van der Waals surface area (Å²) in [5.41, 5.74) is 0. The van der Waals surface area contributed by atoms with E-state index in [1.807, 2.05) is 0 Å². The number of ether oxygens (including phenoxy) is 1. The standard InChI is InChI=1S/C5H12O5S/c1-2-10-3-5(6)4-11(7,8)9/h5-6H,2-4H2,1H3,(H,7,8,9). The first-order valence-corrected chi connectivity index (χ1v) is 4.77. The first-order chi connectivity index (χ1) is 4.95. The lowest BCUT2D eigenvalue weighted by Crippen LogP contribution is -2.25. The number of aliphatic hydroxyl groups excluding tert-OH is 1. The van der Waals surface area contributed by atoms with Crippen molar-refractivity contribution in [3.8, 4) is 0 Å².